The van der Waals surface area contributed by atoms with Crippen molar-refractivity contribution in [3.8, 4) is 46.0 Å². The number of phenolic OH excluding ortho intramolecular Hbond substituents is 5. The number of hydrogen-bond acceptors (Lipinski definition) is 10. The molecule has 0 saturated heterocycles. The molecular formula is C30H22O10. The molecule has 7 rings (SSSR count). The summed E-state index contributed by atoms with van der Waals surface area (Å²) in [7, 11) is 0. The first-order valence-corrected chi connectivity index (χ1v) is 12.5. The molecule has 0 saturated carbocycles. The lowest BCUT2D eigenvalue weighted by atomic mass is 9.69. The second-order valence-electron chi connectivity index (χ2n) is 10.1. The van der Waals surface area contributed by atoms with Crippen LogP contribution < -0.4 is 14.2 Å². The highest BCUT2D eigenvalue weighted by Gasteiger charge is 2.66. The molecule has 6 N–H and O–H groups in total. The molecule has 0 unspecified atom stereocenters. The molecule has 40 heavy (non-hydrogen) atoms. The summed E-state index contributed by atoms with van der Waals surface area (Å²) in [5.41, 5.74) is -0.410. The Morgan fingerprint density at radius 3 is 2.02 bits per heavy atom. The van der Waals surface area contributed by atoms with Crippen LogP contribution in [0.25, 0.3) is 0 Å². The van der Waals surface area contributed by atoms with Crippen molar-refractivity contribution < 1.29 is 49.6 Å². The van der Waals surface area contributed by atoms with Gasteiger partial charge in [0.05, 0.1) is 17.2 Å². The minimum Gasteiger partial charge on any atom is -0.508 e. The van der Waals surface area contributed by atoms with E-state index < -0.39 is 35.4 Å². The monoisotopic (exact) mass is 542 g/mol. The third kappa shape index (κ3) is 3.16. The van der Waals surface area contributed by atoms with Crippen LogP contribution in [0.2, 0.25) is 0 Å². The number of phenols is 5. The van der Waals surface area contributed by atoms with E-state index in [9.17, 15) is 35.4 Å². The summed E-state index contributed by atoms with van der Waals surface area (Å²) < 4.78 is 18.3. The van der Waals surface area contributed by atoms with Crippen LogP contribution in [-0.2, 0) is 16.6 Å². The van der Waals surface area contributed by atoms with E-state index in [1.165, 1.54) is 36.4 Å². The number of aromatic hydroxyl groups is 5. The molecule has 3 aliphatic heterocycles. The molecule has 3 heterocycles. The summed E-state index contributed by atoms with van der Waals surface area (Å²) in [5, 5.41) is 62.8. The lowest BCUT2D eigenvalue weighted by molar-refractivity contribution is -0.139. The molecule has 10 nitrogen and oxygen atoms in total. The smallest absolute Gasteiger partial charge is 0.331 e. The summed E-state index contributed by atoms with van der Waals surface area (Å²) in [6, 6.07) is 15.7. The largest absolute Gasteiger partial charge is 0.508 e. The molecule has 4 atom stereocenters. The van der Waals surface area contributed by atoms with Crippen LogP contribution in [0.1, 0.15) is 40.0 Å². The zero-order valence-corrected chi connectivity index (χ0v) is 20.6. The predicted octanol–water partition coefficient (Wildman–Crippen LogP) is 3.59. The van der Waals surface area contributed by atoms with Crippen molar-refractivity contribution in [1.82, 2.24) is 0 Å². The fourth-order valence-electron chi connectivity index (χ4n) is 6.06. The lowest BCUT2D eigenvalue weighted by Gasteiger charge is -2.35. The van der Waals surface area contributed by atoms with Crippen molar-refractivity contribution in [3.05, 3.63) is 94.5 Å². The number of benzene rings is 4. The maximum atomic E-state index is 14.0. The van der Waals surface area contributed by atoms with Crippen LogP contribution in [0.4, 0.5) is 0 Å². The molecule has 0 bridgehead atoms. The molecule has 4 aromatic rings. The van der Waals surface area contributed by atoms with Crippen LogP contribution in [0.5, 0.6) is 46.0 Å². The molecule has 0 aromatic heterocycles. The molecule has 1 spiro atoms. The number of carbonyl (C=O) groups excluding carboxylic acids is 1. The number of carbonyl (C=O) groups is 1. The first kappa shape index (κ1) is 24.0. The Labute approximate surface area is 226 Å². The van der Waals surface area contributed by atoms with E-state index in [2.05, 4.69) is 0 Å². The van der Waals surface area contributed by atoms with E-state index in [4.69, 9.17) is 14.2 Å². The topological polar surface area (TPSA) is 166 Å². The van der Waals surface area contributed by atoms with Crippen molar-refractivity contribution in [1.29, 1.82) is 0 Å². The Hall–Kier alpha value is -5.09. The predicted molar refractivity (Wildman–Crippen MR) is 137 cm³/mol. The zero-order valence-electron chi connectivity index (χ0n) is 20.6. The van der Waals surface area contributed by atoms with E-state index in [-0.39, 0.29) is 63.4 Å². The van der Waals surface area contributed by atoms with Gasteiger partial charge >= 0.3 is 5.97 Å². The first-order valence-electron chi connectivity index (χ1n) is 12.5. The molecule has 4 aromatic carbocycles. The van der Waals surface area contributed by atoms with Gasteiger partial charge in [-0.2, -0.15) is 0 Å². The fraction of sp³-hybridized carbons (Fsp3) is 0.167. The summed E-state index contributed by atoms with van der Waals surface area (Å²) in [5.74, 6) is -1.67. The van der Waals surface area contributed by atoms with Crippen molar-refractivity contribution in [2.24, 2.45) is 0 Å². The van der Waals surface area contributed by atoms with Crippen molar-refractivity contribution in [2.75, 3.05) is 0 Å². The highest BCUT2D eigenvalue weighted by atomic mass is 16.6. The normalized spacial score (nSPS) is 24.0. The summed E-state index contributed by atoms with van der Waals surface area (Å²) in [6.07, 6.45) is -3.20. The Morgan fingerprint density at radius 2 is 1.35 bits per heavy atom. The molecule has 0 fully saturated rings. The molecule has 10 heteroatoms. The van der Waals surface area contributed by atoms with Gasteiger partial charge in [0.2, 0.25) is 0 Å². The lowest BCUT2D eigenvalue weighted by Crippen LogP contribution is -2.40. The third-order valence-electron chi connectivity index (χ3n) is 7.77. The number of hydrogen-bond donors (Lipinski definition) is 6. The van der Waals surface area contributed by atoms with E-state index >= 15 is 0 Å². The summed E-state index contributed by atoms with van der Waals surface area (Å²) in [6.45, 7) is 0. The van der Waals surface area contributed by atoms with Gasteiger partial charge in [0, 0.05) is 30.2 Å². The van der Waals surface area contributed by atoms with Gasteiger partial charge in [-0.3, -0.25) is 4.79 Å². The number of aliphatic hydroxyl groups excluding tert-OH is 1. The molecule has 0 radical (unpaired) electrons. The average Bonchev–Trinajstić information content (AvgIpc) is 3.40. The number of fused-ring (bicyclic) bond motifs is 6. The Bertz CT molecular complexity index is 1700. The SMILES string of the molecule is O=C1Oc2cc(O)c3c(c2[C@]12c1c(O)cc(O)cc1O[C@H]2c1ccc(O)cc1)O[C@H](c1ccc(O)cc1)[C@@H](O)C3. The summed E-state index contributed by atoms with van der Waals surface area (Å²) in [4.78, 5) is 14.0. The first-order chi connectivity index (χ1) is 19.2. The van der Waals surface area contributed by atoms with Gasteiger partial charge in [-0.15, -0.1) is 0 Å². The van der Waals surface area contributed by atoms with Crippen LogP contribution >= 0.6 is 0 Å². The van der Waals surface area contributed by atoms with Crippen LogP contribution in [0.15, 0.2) is 66.7 Å². The molecule has 202 valence electrons. The van der Waals surface area contributed by atoms with Crippen LogP contribution in [0.3, 0.4) is 0 Å². The quantitative estimate of drug-likeness (QED) is 0.163. The summed E-state index contributed by atoms with van der Waals surface area (Å²) >= 11 is 0. The fourth-order valence-corrected chi connectivity index (χ4v) is 6.06. The van der Waals surface area contributed by atoms with Gasteiger partial charge in [0.15, 0.2) is 5.41 Å². The highest BCUT2D eigenvalue weighted by molar-refractivity contribution is 6.00. The Balaban J connectivity index is 1.51. The molecule has 3 aliphatic rings. The van der Waals surface area contributed by atoms with E-state index in [1.54, 1.807) is 24.3 Å². The van der Waals surface area contributed by atoms with Gasteiger partial charge in [-0.05, 0) is 35.4 Å². The third-order valence-corrected chi connectivity index (χ3v) is 7.77. The molecule has 0 amide bonds. The second kappa shape index (κ2) is 8.20. The van der Waals surface area contributed by atoms with E-state index in [1.807, 2.05) is 0 Å². The van der Waals surface area contributed by atoms with E-state index in [0.29, 0.717) is 11.1 Å². The molecule has 0 aliphatic carbocycles. The maximum Gasteiger partial charge on any atom is 0.331 e. The maximum absolute atomic E-state index is 14.0. The van der Waals surface area contributed by atoms with Crippen molar-refractivity contribution >= 4 is 5.97 Å². The van der Waals surface area contributed by atoms with Crippen molar-refractivity contribution in [2.45, 2.75) is 30.1 Å². The zero-order chi connectivity index (χ0) is 27.9. The highest BCUT2D eigenvalue weighted by Crippen LogP contribution is 2.66. The number of ether oxygens (including phenoxy) is 3. The number of aliphatic hydroxyl groups is 1. The van der Waals surface area contributed by atoms with Gasteiger partial charge in [0.25, 0.3) is 0 Å². The standard InChI is InChI=1S/C30H22O10/c31-15-5-1-13(2-6-15)26-21(36)11-18-19(34)12-23-25(27(18)40-26)30(29(37)39-23)24-20(35)9-17(33)10-22(24)38-28(30)14-3-7-16(32)8-4-14/h1-10,12,21,26,28,31-36H,11H2/t21-,26+,28-,30-/m0/s1. The number of rotatable bonds is 2. The van der Waals surface area contributed by atoms with Gasteiger partial charge in [-0.1, -0.05) is 24.3 Å². The van der Waals surface area contributed by atoms with Crippen LogP contribution in [0, 0.1) is 0 Å². The van der Waals surface area contributed by atoms with Crippen molar-refractivity contribution in [3.63, 3.8) is 0 Å². The minimum absolute atomic E-state index is 0.0143. The Morgan fingerprint density at radius 1 is 0.700 bits per heavy atom. The van der Waals surface area contributed by atoms with E-state index in [0.717, 1.165) is 6.07 Å². The van der Waals surface area contributed by atoms with Crippen LogP contribution in [-0.4, -0.2) is 42.7 Å². The van der Waals surface area contributed by atoms with Gasteiger partial charge in [0.1, 0.15) is 58.2 Å². The number of esters is 1. The van der Waals surface area contributed by atoms with Gasteiger partial charge < -0.3 is 44.8 Å². The average molecular weight is 542 g/mol. The van der Waals surface area contributed by atoms with Gasteiger partial charge in [-0.25, -0.2) is 0 Å². The Kier molecular flexibility index (Phi) is 4.92. The second-order valence-corrected chi connectivity index (χ2v) is 10.1. The minimum atomic E-state index is -1.85. The molecular weight excluding hydrogens is 520 g/mol.